The van der Waals surface area contributed by atoms with Gasteiger partial charge in [0.05, 0.1) is 28.1 Å². The molecular weight excluding hydrogens is 369 g/mol. The first-order chi connectivity index (χ1) is 12.7. The van der Waals surface area contributed by atoms with Crippen LogP contribution in [0.5, 0.6) is 0 Å². The number of allylic oxidation sites excluding steroid dienone is 1. The summed E-state index contributed by atoms with van der Waals surface area (Å²) in [5, 5.41) is 13.3. The van der Waals surface area contributed by atoms with Crippen molar-refractivity contribution in [1.82, 2.24) is 5.32 Å². The first-order valence-corrected chi connectivity index (χ1v) is 10.6. The zero-order valence-electron chi connectivity index (χ0n) is 15.6. The van der Waals surface area contributed by atoms with Gasteiger partial charge in [0.2, 0.25) is 9.84 Å². The van der Waals surface area contributed by atoms with Crippen LogP contribution >= 0.6 is 0 Å². The molecular formula is C20H26FNO4S. The molecule has 1 saturated heterocycles. The monoisotopic (exact) mass is 395 g/mol. The van der Waals surface area contributed by atoms with Gasteiger partial charge in [-0.25, -0.2) is 12.8 Å². The third kappa shape index (κ3) is 4.85. The van der Waals surface area contributed by atoms with Gasteiger partial charge in [0.15, 0.2) is 0 Å². The number of benzene rings is 1. The summed E-state index contributed by atoms with van der Waals surface area (Å²) in [5.74, 6) is -0.238. The van der Waals surface area contributed by atoms with Crippen LogP contribution in [-0.4, -0.2) is 44.9 Å². The molecule has 0 radical (unpaired) electrons. The fraction of sp³-hybridized carbons (Fsp3) is 0.500. The molecule has 3 rings (SSSR count). The zero-order chi connectivity index (χ0) is 19.7. The van der Waals surface area contributed by atoms with Gasteiger partial charge in [-0.3, -0.25) is 0 Å². The van der Waals surface area contributed by atoms with E-state index in [9.17, 15) is 17.9 Å². The van der Waals surface area contributed by atoms with Crippen LogP contribution in [0.3, 0.4) is 0 Å². The van der Waals surface area contributed by atoms with Crippen molar-refractivity contribution in [1.29, 1.82) is 0 Å². The van der Waals surface area contributed by atoms with E-state index in [4.69, 9.17) is 4.74 Å². The van der Waals surface area contributed by atoms with E-state index in [1.54, 1.807) is 26.0 Å². The van der Waals surface area contributed by atoms with Crippen LogP contribution in [0.2, 0.25) is 0 Å². The van der Waals surface area contributed by atoms with Gasteiger partial charge in [-0.15, -0.1) is 0 Å². The van der Waals surface area contributed by atoms with Gasteiger partial charge >= 0.3 is 0 Å². The zero-order valence-corrected chi connectivity index (χ0v) is 16.4. The van der Waals surface area contributed by atoms with Gasteiger partial charge in [-0.2, -0.15) is 0 Å². The highest BCUT2D eigenvalue weighted by molar-refractivity contribution is 7.95. The van der Waals surface area contributed by atoms with E-state index < -0.39 is 27.4 Å². The summed E-state index contributed by atoms with van der Waals surface area (Å²) in [5.41, 5.74) is -1.02. The Kier molecular flexibility index (Phi) is 5.86. The molecule has 2 unspecified atom stereocenters. The van der Waals surface area contributed by atoms with Crippen molar-refractivity contribution < 1.29 is 22.7 Å². The minimum Gasteiger partial charge on any atom is -0.388 e. The van der Waals surface area contributed by atoms with Crippen LogP contribution < -0.4 is 5.32 Å². The first-order valence-electron chi connectivity index (χ1n) is 9.12. The van der Waals surface area contributed by atoms with Crippen molar-refractivity contribution in [3.63, 3.8) is 0 Å². The molecule has 1 aromatic carbocycles. The quantitative estimate of drug-likeness (QED) is 0.774. The number of hydrogen-bond acceptors (Lipinski definition) is 5. The average Bonchev–Trinajstić information content (AvgIpc) is 3.13. The molecule has 0 bridgehead atoms. The van der Waals surface area contributed by atoms with Crippen molar-refractivity contribution in [3.8, 4) is 0 Å². The lowest BCUT2D eigenvalue weighted by Crippen LogP contribution is -2.36. The van der Waals surface area contributed by atoms with Gasteiger partial charge in [0.25, 0.3) is 0 Å². The standard InChI is InChI=1S/C20H26FNO4S/c1-20(2,23)13-26-19-11-17(6-7-18(19)14-8-9-22-12-14)27(24,25)16-5-3-4-15(21)10-16/h3-7,10-11,14,18-19,22-23H,8-9,12-13H2,1-2H3/t14-,18?,19?/m1/s1. The summed E-state index contributed by atoms with van der Waals surface area (Å²) in [6, 6.07) is 4.99. The summed E-state index contributed by atoms with van der Waals surface area (Å²) in [4.78, 5) is 0.0108. The second-order valence-electron chi connectivity index (χ2n) is 7.81. The van der Waals surface area contributed by atoms with Gasteiger partial charge < -0.3 is 15.2 Å². The Balaban J connectivity index is 1.90. The Morgan fingerprint density at radius 2 is 2.15 bits per heavy atom. The molecule has 27 heavy (non-hydrogen) atoms. The molecule has 7 heteroatoms. The van der Waals surface area contributed by atoms with Crippen molar-refractivity contribution in [3.05, 3.63) is 53.2 Å². The second kappa shape index (κ2) is 7.83. The lowest BCUT2D eigenvalue weighted by atomic mass is 9.84. The summed E-state index contributed by atoms with van der Waals surface area (Å²) >= 11 is 0. The lowest BCUT2D eigenvalue weighted by Gasteiger charge is -2.32. The third-order valence-corrected chi connectivity index (χ3v) is 6.65. The predicted octanol–water partition coefficient (Wildman–Crippen LogP) is 2.43. The predicted molar refractivity (Wildman–Crippen MR) is 101 cm³/mol. The van der Waals surface area contributed by atoms with Crippen LogP contribution in [-0.2, 0) is 14.6 Å². The Bertz CT molecular complexity index is 836. The molecule has 0 aromatic heterocycles. The molecule has 0 saturated carbocycles. The van der Waals surface area contributed by atoms with Crippen LogP contribution in [0, 0.1) is 17.7 Å². The smallest absolute Gasteiger partial charge is 0.206 e. The van der Waals surface area contributed by atoms with E-state index in [0.29, 0.717) is 5.92 Å². The molecule has 0 spiro atoms. The third-order valence-electron chi connectivity index (χ3n) is 4.88. The molecule has 5 nitrogen and oxygen atoms in total. The van der Waals surface area contributed by atoms with E-state index in [1.807, 2.05) is 6.08 Å². The molecule has 2 aliphatic rings. The highest BCUT2D eigenvalue weighted by Crippen LogP contribution is 2.33. The summed E-state index contributed by atoms with van der Waals surface area (Å²) in [7, 11) is -3.84. The molecule has 0 amide bonds. The normalized spacial score (nSPS) is 26.2. The van der Waals surface area contributed by atoms with Gasteiger partial charge in [-0.05, 0) is 69.6 Å². The molecule has 1 aliphatic carbocycles. The maximum atomic E-state index is 13.5. The maximum Gasteiger partial charge on any atom is 0.206 e. The topological polar surface area (TPSA) is 75.6 Å². The van der Waals surface area contributed by atoms with E-state index in [1.165, 1.54) is 18.2 Å². The van der Waals surface area contributed by atoms with E-state index >= 15 is 0 Å². The van der Waals surface area contributed by atoms with Gasteiger partial charge in [-0.1, -0.05) is 12.1 Å². The number of ether oxygens (including phenoxy) is 1. The summed E-state index contributed by atoms with van der Waals surface area (Å²) in [6.45, 7) is 5.15. The molecule has 1 aliphatic heterocycles. The number of halogens is 1. The van der Waals surface area contributed by atoms with Crippen LogP contribution in [0.15, 0.2) is 52.3 Å². The Morgan fingerprint density at radius 3 is 2.78 bits per heavy atom. The largest absolute Gasteiger partial charge is 0.388 e. The van der Waals surface area contributed by atoms with Crippen LogP contribution in [0.4, 0.5) is 4.39 Å². The molecule has 3 atom stereocenters. The second-order valence-corrected chi connectivity index (χ2v) is 9.76. The number of hydrogen-bond donors (Lipinski definition) is 2. The number of rotatable bonds is 6. The number of sulfone groups is 1. The highest BCUT2D eigenvalue weighted by atomic mass is 32.2. The van der Waals surface area contributed by atoms with Crippen molar-refractivity contribution in [2.75, 3.05) is 19.7 Å². The Morgan fingerprint density at radius 1 is 1.37 bits per heavy atom. The van der Waals surface area contributed by atoms with Crippen LogP contribution in [0.1, 0.15) is 20.3 Å². The Hall–Kier alpha value is -1.54. The summed E-state index contributed by atoms with van der Waals surface area (Å²) < 4.78 is 45.2. The molecule has 1 heterocycles. The highest BCUT2D eigenvalue weighted by Gasteiger charge is 2.34. The molecule has 2 N–H and O–H groups in total. The van der Waals surface area contributed by atoms with Gasteiger partial charge in [0.1, 0.15) is 5.82 Å². The van der Waals surface area contributed by atoms with E-state index in [-0.39, 0.29) is 22.3 Å². The van der Waals surface area contributed by atoms with Crippen LogP contribution in [0.25, 0.3) is 0 Å². The van der Waals surface area contributed by atoms with Gasteiger partial charge in [0, 0.05) is 5.92 Å². The first kappa shape index (κ1) is 20.2. The Labute approximate surface area is 159 Å². The van der Waals surface area contributed by atoms with Crippen molar-refractivity contribution in [2.24, 2.45) is 11.8 Å². The molecule has 1 aromatic rings. The molecule has 148 valence electrons. The SMILES string of the molecule is CC(C)(O)COC1C=C(S(=O)(=O)c2cccc(F)c2)C=CC1[C@@H]1CCNC1. The van der Waals surface area contributed by atoms with Crippen molar-refractivity contribution >= 4 is 9.84 Å². The average molecular weight is 395 g/mol. The van der Waals surface area contributed by atoms with E-state index in [2.05, 4.69) is 5.32 Å². The fourth-order valence-corrected chi connectivity index (χ4v) is 4.85. The maximum absolute atomic E-state index is 13.5. The van der Waals surface area contributed by atoms with Crippen molar-refractivity contribution in [2.45, 2.75) is 36.9 Å². The summed E-state index contributed by atoms with van der Waals surface area (Å²) in [6.07, 6.45) is 5.57. The minimum atomic E-state index is -3.84. The minimum absolute atomic E-state index is 0.0220. The number of nitrogens with one attached hydrogen (secondary N) is 1. The van der Waals surface area contributed by atoms with E-state index in [0.717, 1.165) is 25.6 Å². The number of aliphatic hydroxyl groups is 1. The molecule has 1 fully saturated rings. The lowest BCUT2D eigenvalue weighted by molar-refractivity contribution is -0.0550. The fourth-order valence-electron chi connectivity index (χ4n) is 3.48.